The van der Waals surface area contributed by atoms with Gasteiger partial charge in [-0.05, 0) is 44.8 Å². The van der Waals surface area contributed by atoms with Crippen molar-refractivity contribution in [3.63, 3.8) is 0 Å². The minimum Gasteiger partial charge on any atom is -0.480 e. The highest BCUT2D eigenvalue weighted by atomic mass is 19.4. The lowest BCUT2D eigenvalue weighted by atomic mass is 9.98. The molecule has 0 aliphatic rings. The molecule has 0 aliphatic heterocycles. The van der Waals surface area contributed by atoms with E-state index in [-0.39, 0.29) is 19.2 Å². The van der Waals surface area contributed by atoms with Crippen LogP contribution < -0.4 is 10.9 Å². The van der Waals surface area contributed by atoms with E-state index in [2.05, 4.69) is 0 Å². The molecule has 0 atom stereocenters. The Labute approximate surface area is 240 Å². The SMILES string of the molecule is Cc1cccc(Cc2c(C(F)(F)F)cc(C(F)(F)F)n(CCN(C)C)c2=O)c1.O=C(O)CNC(=O)c1c(F)cccc1F. The minimum absolute atomic E-state index is 0.0438. The molecule has 1 amide bonds. The number of aromatic nitrogens is 1. The average Bonchev–Trinajstić information content (AvgIpc) is 2.86. The van der Waals surface area contributed by atoms with E-state index < -0.39 is 76.8 Å². The first-order valence-corrected chi connectivity index (χ1v) is 12.4. The standard InChI is InChI=1S/C19H20F6N2O.C9H7F2NO3/c1-12-5-4-6-13(9-12)10-14-15(18(20,21)22)11-16(19(23,24)25)27(17(14)28)8-7-26(2)3;10-5-2-1-3-6(11)8(5)9(15)12-4-7(13)14/h4-6,9,11H,7-8,10H2,1-3H3;1-3H,4H2,(H,12,15)(H,13,14). The topological polar surface area (TPSA) is 91.6 Å². The Morgan fingerprint density at radius 2 is 1.51 bits per heavy atom. The Balaban J connectivity index is 0.000000362. The molecule has 0 saturated heterocycles. The van der Waals surface area contributed by atoms with E-state index >= 15 is 0 Å². The van der Waals surface area contributed by atoms with Crippen molar-refractivity contribution >= 4 is 11.9 Å². The Morgan fingerprint density at radius 1 is 0.930 bits per heavy atom. The molecule has 0 saturated carbocycles. The lowest BCUT2D eigenvalue weighted by Crippen LogP contribution is -2.36. The largest absolute Gasteiger partial charge is 0.480 e. The molecule has 0 unspecified atom stereocenters. The van der Waals surface area contributed by atoms with Crippen LogP contribution in [0.3, 0.4) is 0 Å². The number of carbonyl (C=O) groups is 2. The molecule has 0 radical (unpaired) electrons. The summed E-state index contributed by atoms with van der Waals surface area (Å²) in [5, 5.41) is 10.1. The minimum atomic E-state index is -5.09. The molecule has 0 fully saturated rings. The maximum absolute atomic E-state index is 13.5. The Kier molecular flexibility index (Phi) is 11.6. The predicted molar refractivity (Wildman–Crippen MR) is 140 cm³/mol. The highest BCUT2D eigenvalue weighted by Crippen LogP contribution is 2.36. The number of pyridine rings is 1. The highest BCUT2D eigenvalue weighted by molar-refractivity contribution is 5.96. The fourth-order valence-electron chi connectivity index (χ4n) is 3.86. The van der Waals surface area contributed by atoms with Gasteiger partial charge in [0, 0.05) is 25.1 Å². The van der Waals surface area contributed by atoms with Gasteiger partial charge in [0.15, 0.2) is 0 Å². The number of aliphatic carboxylic acids is 1. The molecule has 2 aromatic carbocycles. The van der Waals surface area contributed by atoms with E-state index in [0.29, 0.717) is 10.1 Å². The number of nitrogens with zero attached hydrogens (tertiary/aromatic N) is 2. The van der Waals surface area contributed by atoms with Crippen molar-refractivity contribution in [2.75, 3.05) is 27.2 Å². The maximum Gasteiger partial charge on any atom is 0.431 e. The second-order valence-electron chi connectivity index (χ2n) is 9.52. The monoisotopic (exact) mass is 621 g/mol. The predicted octanol–water partition coefficient (Wildman–Crippen LogP) is 5.13. The summed E-state index contributed by atoms with van der Waals surface area (Å²) in [7, 11) is 3.19. The summed E-state index contributed by atoms with van der Waals surface area (Å²) >= 11 is 0. The Morgan fingerprint density at radius 3 is 2.00 bits per heavy atom. The van der Waals surface area contributed by atoms with Gasteiger partial charge in [-0.25, -0.2) is 8.78 Å². The van der Waals surface area contributed by atoms with E-state index in [9.17, 15) is 49.5 Å². The van der Waals surface area contributed by atoms with Crippen molar-refractivity contribution in [3.05, 3.63) is 104 Å². The first-order chi connectivity index (χ1) is 19.8. The van der Waals surface area contributed by atoms with Crippen LogP contribution in [0.5, 0.6) is 0 Å². The van der Waals surface area contributed by atoms with Gasteiger partial charge >= 0.3 is 18.3 Å². The maximum atomic E-state index is 13.5. The molecule has 15 heteroatoms. The van der Waals surface area contributed by atoms with Crippen molar-refractivity contribution in [3.8, 4) is 0 Å². The van der Waals surface area contributed by atoms with Crippen molar-refractivity contribution in [1.29, 1.82) is 0 Å². The molecule has 234 valence electrons. The third-order valence-corrected chi connectivity index (χ3v) is 5.82. The number of likely N-dealkylation sites (N-methyl/N-ethyl adjacent to an activating group) is 1. The summed E-state index contributed by atoms with van der Waals surface area (Å²) in [4.78, 5) is 35.5. The van der Waals surface area contributed by atoms with Crippen molar-refractivity contribution < 1.29 is 49.8 Å². The number of halogens is 8. The Bertz CT molecular complexity index is 1500. The molecular formula is C28H27F8N3O4. The zero-order valence-electron chi connectivity index (χ0n) is 23.0. The number of alkyl halides is 6. The van der Waals surface area contributed by atoms with Crippen LogP contribution in [0.4, 0.5) is 35.1 Å². The van der Waals surface area contributed by atoms with Crippen LogP contribution >= 0.6 is 0 Å². The zero-order chi connectivity index (χ0) is 32.7. The fourth-order valence-corrected chi connectivity index (χ4v) is 3.86. The summed E-state index contributed by atoms with van der Waals surface area (Å²) < 4.78 is 107. The van der Waals surface area contributed by atoms with Crippen LogP contribution in [-0.2, 0) is 30.1 Å². The summed E-state index contributed by atoms with van der Waals surface area (Å²) in [6, 6.07) is 9.47. The van der Waals surface area contributed by atoms with Gasteiger partial charge in [0.2, 0.25) is 0 Å². The van der Waals surface area contributed by atoms with E-state index in [1.165, 1.54) is 6.07 Å². The number of carboxylic acid groups (broad SMARTS) is 1. The number of aryl methyl sites for hydroxylation is 1. The normalized spacial score (nSPS) is 11.6. The lowest BCUT2D eigenvalue weighted by molar-refractivity contribution is -0.148. The summed E-state index contributed by atoms with van der Waals surface area (Å²) in [5.41, 5.74) is -4.70. The number of nitrogens with one attached hydrogen (secondary N) is 1. The number of carbonyl (C=O) groups excluding carboxylic acids is 1. The van der Waals surface area contributed by atoms with Gasteiger partial charge in [0.05, 0.1) is 5.56 Å². The Hall–Kier alpha value is -4.27. The van der Waals surface area contributed by atoms with Gasteiger partial charge in [0.1, 0.15) is 29.4 Å². The van der Waals surface area contributed by atoms with E-state index in [0.717, 1.165) is 23.8 Å². The van der Waals surface area contributed by atoms with Crippen LogP contribution in [-0.4, -0.2) is 53.6 Å². The smallest absolute Gasteiger partial charge is 0.431 e. The number of amides is 1. The van der Waals surface area contributed by atoms with Gasteiger partial charge in [-0.1, -0.05) is 35.9 Å². The number of hydrogen-bond acceptors (Lipinski definition) is 4. The highest BCUT2D eigenvalue weighted by Gasteiger charge is 2.41. The van der Waals surface area contributed by atoms with Gasteiger partial charge in [-0.3, -0.25) is 14.4 Å². The molecule has 43 heavy (non-hydrogen) atoms. The van der Waals surface area contributed by atoms with Gasteiger partial charge in [-0.2, -0.15) is 26.3 Å². The number of benzene rings is 2. The van der Waals surface area contributed by atoms with E-state index in [1.54, 1.807) is 44.1 Å². The van der Waals surface area contributed by atoms with Crippen molar-refractivity contribution in [1.82, 2.24) is 14.8 Å². The van der Waals surface area contributed by atoms with Crippen LogP contribution in [0.15, 0.2) is 53.3 Å². The fraction of sp³-hybridized carbons (Fsp3) is 0.321. The zero-order valence-corrected chi connectivity index (χ0v) is 23.0. The number of rotatable bonds is 8. The van der Waals surface area contributed by atoms with Gasteiger partial charge in [0.25, 0.3) is 11.5 Å². The molecule has 7 nitrogen and oxygen atoms in total. The number of hydrogen-bond donors (Lipinski definition) is 2. The molecule has 2 N–H and O–H groups in total. The molecule has 0 spiro atoms. The van der Waals surface area contributed by atoms with Crippen molar-refractivity contribution in [2.24, 2.45) is 0 Å². The second kappa shape index (κ2) is 14.3. The van der Waals surface area contributed by atoms with Crippen LogP contribution in [0.1, 0.15) is 38.3 Å². The second-order valence-corrected chi connectivity index (χ2v) is 9.52. The summed E-state index contributed by atoms with van der Waals surface area (Å²) in [6.45, 7) is 0.737. The molecule has 0 aliphatic carbocycles. The molecular weight excluding hydrogens is 594 g/mol. The average molecular weight is 622 g/mol. The lowest BCUT2D eigenvalue weighted by Gasteiger charge is -2.22. The third-order valence-electron chi connectivity index (χ3n) is 5.82. The van der Waals surface area contributed by atoms with Crippen LogP contribution in [0.2, 0.25) is 0 Å². The summed E-state index contributed by atoms with van der Waals surface area (Å²) in [5.74, 6) is -4.44. The van der Waals surface area contributed by atoms with E-state index in [1.807, 2.05) is 5.32 Å². The van der Waals surface area contributed by atoms with Crippen molar-refractivity contribution in [2.45, 2.75) is 32.2 Å². The van der Waals surface area contributed by atoms with Gasteiger partial charge in [-0.15, -0.1) is 0 Å². The third kappa shape index (κ3) is 9.91. The molecule has 1 aromatic heterocycles. The van der Waals surface area contributed by atoms with E-state index in [4.69, 9.17) is 5.11 Å². The summed E-state index contributed by atoms with van der Waals surface area (Å²) in [6.07, 6.45) is -10.6. The number of carboxylic acids is 1. The molecule has 0 bridgehead atoms. The first kappa shape index (κ1) is 34.9. The van der Waals surface area contributed by atoms with Crippen LogP contribution in [0.25, 0.3) is 0 Å². The quantitative estimate of drug-likeness (QED) is 0.341. The van der Waals surface area contributed by atoms with Crippen LogP contribution in [0, 0.1) is 18.6 Å². The first-order valence-electron chi connectivity index (χ1n) is 12.4. The molecule has 3 rings (SSSR count). The molecule has 1 heterocycles. The molecule has 3 aromatic rings. The van der Waals surface area contributed by atoms with Gasteiger partial charge < -0.3 is 19.9 Å².